The molecule has 3 unspecified atom stereocenters. The number of carbonyl (C=O) groups is 1. The standard InChI is InChI=1S/C16H22F3NO2/c1-10(7-11(2)14(20)9-15(21)22)8-12-3-5-13(6-4-12)16(17,18)19/h3-6,10-11,14H,7-9,20H2,1-2H3,(H,21,22). The molecule has 6 heteroatoms. The second-order valence-corrected chi connectivity index (χ2v) is 5.98. The van der Waals surface area contributed by atoms with Gasteiger partial charge in [-0.3, -0.25) is 4.79 Å². The van der Waals surface area contributed by atoms with E-state index >= 15 is 0 Å². The van der Waals surface area contributed by atoms with E-state index in [1.807, 2.05) is 13.8 Å². The number of halogens is 3. The molecule has 0 spiro atoms. The van der Waals surface area contributed by atoms with Crippen LogP contribution in [0.3, 0.4) is 0 Å². The lowest BCUT2D eigenvalue weighted by atomic mass is 9.87. The summed E-state index contributed by atoms with van der Waals surface area (Å²) in [4.78, 5) is 10.6. The number of carboxylic acid groups (broad SMARTS) is 1. The molecule has 0 fully saturated rings. The van der Waals surface area contributed by atoms with Gasteiger partial charge in [0.1, 0.15) is 0 Å². The average Bonchev–Trinajstić information content (AvgIpc) is 2.37. The van der Waals surface area contributed by atoms with E-state index < -0.39 is 23.8 Å². The van der Waals surface area contributed by atoms with Crippen molar-refractivity contribution in [3.8, 4) is 0 Å². The molecule has 0 radical (unpaired) electrons. The molecule has 0 saturated heterocycles. The first-order valence-corrected chi connectivity index (χ1v) is 7.23. The summed E-state index contributed by atoms with van der Waals surface area (Å²) in [5.41, 5.74) is 6.00. The fraction of sp³-hybridized carbons (Fsp3) is 0.562. The third kappa shape index (κ3) is 6.05. The molecule has 0 aliphatic rings. The van der Waals surface area contributed by atoms with E-state index in [1.54, 1.807) is 0 Å². The van der Waals surface area contributed by atoms with Crippen LogP contribution in [0.15, 0.2) is 24.3 Å². The van der Waals surface area contributed by atoms with E-state index in [4.69, 9.17) is 10.8 Å². The monoisotopic (exact) mass is 317 g/mol. The van der Waals surface area contributed by atoms with Crippen LogP contribution in [0, 0.1) is 11.8 Å². The van der Waals surface area contributed by atoms with Crippen LogP contribution < -0.4 is 5.73 Å². The minimum absolute atomic E-state index is 0.0422. The van der Waals surface area contributed by atoms with E-state index in [0.717, 1.165) is 24.1 Å². The minimum Gasteiger partial charge on any atom is -0.481 e. The zero-order chi connectivity index (χ0) is 16.9. The van der Waals surface area contributed by atoms with Gasteiger partial charge in [0, 0.05) is 6.04 Å². The maximum atomic E-state index is 12.5. The molecule has 1 aromatic carbocycles. The molecular formula is C16H22F3NO2. The Balaban J connectivity index is 2.54. The Labute approximate surface area is 128 Å². The van der Waals surface area contributed by atoms with E-state index in [2.05, 4.69) is 0 Å². The van der Waals surface area contributed by atoms with Gasteiger partial charge in [-0.1, -0.05) is 26.0 Å². The molecule has 0 saturated carbocycles. The summed E-state index contributed by atoms with van der Waals surface area (Å²) in [5, 5.41) is 8.72. The van der Waals surface area contributed by atoms with Crippen molar-refractivity contribution < 1.29 is 23.1 Å². The molecule has 0 aliphatic heterocycles. The van der Waals surface area contributed by atoms with Crippen molar-refractivity contribution in [3.63, 3.8) is 0 Å². The van der Waals surface area contributed by atoms with Crippen LogP contribution in [0.5, 0.6) is 0 Å². The Hall–Kier alpha value is -1.56. The predicted molar refractivity (Wildman–Crippen MR) is 78.3 cm³/mol. The molecule has 3 nitrogen and oxygen atoms in total. The Morgan fingerprint density at radius 1 is 1.23 bits per heavy atom. The number of carboxylic acids is 1. The van der Waals surface area contributed by atoms with Crippen molar-refractivity contribution in [1.82, 2.24) is 0 Å². The third-order valence-corrected chi connectivity index (χ3v) is 3.78. The molecule has 3 N–H and O–H groups in total. The quantitative estimate of drug-likeness (QED) is 0.806. The second kappa shape index (κ2) is 7.63. The van der Waals surface area contributed by atoms with E-state index in [1.165, 1.54) is 12.1 Å². The number of aliphatic carboxylic acids is 1. The number of alkyl halides is 3. The van der Waals surface area contributed by atoms with Crippen LogP contribution in [0.1, 0.15) is 37.8 Å². The van der Waals surface area contributed by atoms with Crippen LogP contribution >= 0.6 is 0 Å². The Bertz CT molecular complexity index is 485. The first kappa shape index (κ1) is 18.5. The molecule has 124 valence electrons. The van der Waals surface area contributed by atoms with Gasteiger partial charge < -0.3 is 10.8 Å². The van der Waals surface area contributed by atoms with Crippen LogP contribution in [0.2, 0.25) is 0 Å². The van der Waals surface area contributed by atoms with Gasteiger partial charge in [0.15, 0.2) is 0 Å². The van der Waals surface area contributed by atoms with Crippen LogP contribution in [0.4, 0.5) is 13.2 Å². The Morgan fingerprint density at radius 2 is 1.77 bits per heavy atom. The van der Waals surface area contributed by atoms with Crippen molar-refractivity contribution in [2.75, 3.05) is 0 Å². The molecule has 22 heavy (non-hydrogen) atoms. The van der Waals surface area contributed by atoms with Crippen LogP contribution in [-0.4, -0.2) is 17.1 Å². The number of hydrogen-bond acceptors (Lipinski definition) is 2. The van der Waals surface area contributed by atoms with Gasteiger partial charge in [0.2, 0.25) is 0 Å². The number of benzene rings is 1. The zero-order valence-electron chi connectivity index (χ0n) is 12.7. The summed E-state index contributed by atoms with van der Waals surface area (Å²) < 4.78 is 37.5. The maximum Gasteiger partial charge on any atom is 0.416 e. The van der Waals surface area contributed by atoms with Gasteiger partial charge in [-0.2, -0.15) is 13.2 Å². The van der Waals surface area contributed by atoms with Gasteiger partial charge in [0.05, 0.1) is 12.0 Å². The number of hydrogen-bond donors (Lipinski definition) is 2. The SMILES string of the molecule is CC(Cc1ccc(C(F)(F)F)cc1)CC(C)C(N)CC(=O)O. The summed E-state index contributed by atoms with van der Waals surface area (Å²) >= 11 is 0. The number of rotatable bonds is 7. The fourth-order valence-electron chi connectivity index (χ4n) is 2.53. The Kier molecular flexibility index (Phi) is 6.41. The molecule has 0 heterocycles. The van der Waals surface area contributed by atoms with E-state index in [0.29, 0.717) is 6.42 Å². The van der Waals surface area contributed by atoms with E-state index in [-0.39, 0.29) is 18.3 Å². The minimum atomic E-state index is -4.32. The highest BCUT2D eigenvalue weighted by Gasteiger charge is 2.30. The van der Waals surface area contributed by atoms with Crippen molar-refractivity contribution in [2.24, 2.45) is 17.6 Å². The molecule has 0 amide bonds. The predicted octanol–water partition coefficient (Wildman–Crippen LogP) is 3.71. The smallest absolute Gasteiger partial charge is 0.416 e. The van der Waals surface area contributed by atoms with Gasteiger partial charge in [-0.05, 0) is 42.4 Å². The summed E-state index contributed by atoms with van der Waals surface area (Å²) in [7, 11) is 0. The van der Waals surface area contributed by atoms with Crippen molar-refractivity contribution >= 4 is 5.97 Å². The first-order valence-electron chi connectivity index (χ1n) is 7.23. The molecule has 3 atom stereocenters. The van der Waals surface area contributed by atoms with Crippen molar-refractivity contribution in [1.29, 1.82) is 0 Å². The first-order chi connectivity index (χ1) is 10.1. The van der Waals surface area contributed by atoms with Crippen molar-refractivity contribution in [3.05, 3.63) is 35.4 Å². The number of nitrogens with two attached hydrogens (primary N) is 1. The normalized spacial score (nSPS) is 16.1. The lowest BCUT2D eigenvalue weighted by molar-refractivity contribution is -0.138. The summed E-state index contributed by atoms with van der Waals surface area (Å²) in [6.45, 7) is 3.89. The fourth-order valence-corrected chi connectivity index (χ4v) is 2.53. The van der Waals surface area contributed by atoms with E-state index in [9.17, 15) is 18.0 Å². The van der Waals surface area contributed by atoms with Gasteiger partial charge >= 0.3 is 12.1 Å². The zero-order valence-corrected chi connectivity index (χ0v) is 12.7. The van der Waals surface area contributed by atoms with Gasteiger partial charge in [-0.15, -0.1) is 0 Å². The molecule has 0 aromatic heterocycles. The average molecular weight is 317 g/mol. The molecule has 1 aromatic rings. The summed E-state index contributed by atoms with van der Waals surface area (Å²) in [6.07, 6.45) is -3.02. The van der Waals surface area contributed by atoms with Gasteiger partial charge in [-0.25, -0.2) is 0 Å². The third-order valence-electron chi connectivity index (χ3n) is 3.78. The topological polar surface area (TPSA) is 63.3 Å². The largest absolute Gasteiger partial charge is 0.481 e. The van der Waals surface area contributed by atoms with Crippen LogP contribution in [-0.2, 0) is 17.4 Å². The highest BCUT2D eigenvalue weighted by Crippen LogP contribution is 2.29. The summed E-state index contributed by atoms with van der Waals surface area (Å²) in [5.74, 6) is -0.665. The van der Waals surface area contributed by atoms with Crippen molar-refractivity contribution in [2.45, 2.75) is 45.3 Å². The lowest BCUT2D eigenvalue weighted by Crippen LogP contribution is -2.32. The Morgan fingerprint density at radius 3 is 2.23 bits per heavy atom. The molecule has 0 bridgehead atoms. The molecule has 0 aliphatic carbocycles. The molecular weight excluding hydrogens is 295 g/mol. The highest BCUT2D eigenvalue weighted by atomic mass is 19.4. The van der Waals surface area contributed by atoms with Gasteiger partial charge in [0.25, 0.3) is 0 Å². The highest BCUT2D eigenvalue weighted by molar-refractivity contribution is 5.67. The maximum absolute atomic E-state index is 12.5. The summed E-state index contributed by atoms with van der Waals surface area (Å²) in [6, 6.07) is 4.73. The van der Waals surface area contributed by atoms with Crippen LogP contribution in [0.25, 0.3) is 0 Å². The lowest BCUT2D eigenvalue weighted by Gasteiger charge is -2.22. The molecule has 1 rings (SSSR count). The second-order valence-electron chi connectivity index (χ2n) is 5.98.